The normalized spacial score (nSPS) is 13.3. The first-order valence-electron chi connectivity index (χ1n) is 16.6. The van der Waals surface area contributed by atoms with Crippen molar-refractivity contribution in [2.45, 2.75) is 168 Å². The zero-order chi connectivity index (χ0) is 29.0. The van der Waals surface area contributed by atoms with E-state index in [1.54, 1.807) is 0 Å². The molecule has 5 nitrogen and oxygen atoms in total. The summed E-state index contributed by atoms with van der Waals surface area (Å²) in [5, 5.41) is 9.64. The number of carboxylic acid groups (broad SMARTS) is 1. The quantitative estimate of drug-likeness (QED) is 0.0569. The highest BCUT2D eigenvalue weighted by molar-refractivity contribution is 5.70. The fourth-order valence-electron chi connectivity index (χ4n) is 5.08. The Bertz CT molecular complexity index is 590. The van der Waals surface area contributed by atoms with E-state index in [1.165, 1.54) is 77.0 Å². The van der Waals surface area contributed by atoms with E-state index in [0.717, 1.165) is 64.3 Å². The van der Waals surface area contributed by atoms with Crippen LogP contribution in [0.2, 0.25) is 0 Å². The maximum Gasteiger partial charge on any atom is 0.306 e. The number of unbranched alkanes of at least 4 members (excludes halogenated alkanes) is 14. The Balaban J connectivity index is 4.31. The van der Waals surface area contributed by atoms with Gasteiger partial charge in [-0.1, -0.05) is 109 Å². The number of esters is 1. The Morgan fingerprint density at radius 1 is 0.692 bits per heavy atom. The molecule has 0 bridgehead atoms. The molecule has 0 aliphatic carbocycles. The van der Waals surface area contributed by atoms with Crippen LogP contribution in [0.25, 0.3) is 0 Å². The highest BCUT2D eigenvalue weighted by Gasteiger charge is 2.17. The molecule has 0 heterocycles. The zero-order valence-corrected chi connectivity index (χ0v) is 26.4. The molecular formula is C34H65NO4. The van der Waals surface area contributed by atoms with Crippen LogP contribution in [-0.2, 0) is 14.3 Å². The van der Waals surface area contributed by atoms with E-state index in [1.807, 2.05) is 14.1 Å². The third kappa shape index (κ3) is 26.6. The van der Waals surface area contributed by atoms with Gasteiger partial charge in [0.15, 0.2) is 0 Å². The minimum atomic E-state index is -0.678. The average Bonchev–Trinajstić information content (AvgIpc) is 2.89. The monoisotopic (exact) mass is 551 g/mol. The Morgan fingerprint density at radius 3 is 1.77 bits per heavy atom. The molecule has 0 rings (SSSR count). The average molecular weight is 552 g/mol. The largest absolute Gasteiger partial charge is 0.481 e. The first-order chi connectivity index (χ1) is 18.9. The number of carbonyl (C=O) groups is 2. The van der Waals surface area contributed by atoms with Crippen molar-refractivity contribution in [3.8, 4) is 0 Å². The maximum absolute atomic E-state index is 12.4. The fourth-order valence-corrected chi connectivity index (χ4v) is 5.08. The van der Waals surface area contributed by atoms with E-state index in [9.17, 15) is 14.7 Å². The first kappa shape index (κ1) is 37.6. The highest BCUT2D eigenvalue weighted by Crippen LogP contribution is 2.20. The topological polar surface area (TPSA) is 66.8 Å². The number of allylic oxidation sites excluding steroid dienone is 2. The third-order valence-electron chi connectivity index (χ3n) is 7.65. The number of carboxylic acids is 1. The number of ether oxygens (including phenoxy) is 1. The van der Waals surface area contributed by atoms with Crippen LogP contribution in [0.1, 0.15) is 162 Å². The number of hydrogen-bond acceptors (Lipinski definition) is 4. The van der Waals surface area contributed by atoms with E-state index >= 15 is 0 Å². The Morgan fingerprint density at radius 2 is 1.21 bits per heavy atom. The number of nitrogens with zero attached hydrogens (tertiary/aromatic N) is 1. The van der Waals surface area contributed by atoms with Crippen molar-refractivity contribution < 1.29 is 19.4 Å². The molecule has 0 spiro atoms. The maximum atomic E-state index is 12.4. The van der Waals surface area contributed by atoms with Crippen molar-refractivity contribution in [2.24, 2.45) is 5.92 Å². The SMILES string of the molecule is CCCCCCCC/C=C/CC(CCCCCC(CCCCCCCCC)OC(=O)CCCN(C)C)C(=O)O. The molecule has 2 unspecified atom stereocenters. The number of rotatable bonds is 29. The highest BCUT2D eigenvalue weighted by atomic mass is 16.5. The van der Waals surface area contributed by atoms with Crippen LogP contribution in [0, 0.1) is 5.92 Å². The summed E-state index contributed by atoms with van der Waals surface area (Å²) in [5.41, 5.74) is 0. The molecule has 39 heavy (non-hydrogen) atoms. The van der Waals surface area contributed by atoms with Crippen molar-refractivity contribution in [3.63, 3.8) is 0 Å². The second-order valence-corrected chi connectivity index (χ2v) is 11.9. The van der Waals surface area contributed by atoms with Gasteiger partial charge >= 0.3 is 11.9 Å². The molecule has 0 aliphatic rings. The molecule has 0 saturated carbocycles. The van der Waals surface area contributed by atoms with Crippen LogP contribution in [0.15, 0.2) is 12.2 Å². The molecule has 0 saturated heterocycles. The van der Waals surface area contributed by atoms with Gasteiger partial charge in [0, 0.05) is 6.42 Å². The Hall–Kier alpha value is -1.36. The Labute approximate surface area is 242 Å². The minimum absolute atomic E-state index is 0.00711. The van der Waals surface area contributed by atoms with E-state index in [4.69, 9.17) is 4.74 Å². The predicted octanol–water partition coefficient (Wildman–Crippen LogP) is 9.73. The fraction of sp³-hybridized carbons (Fsp3) is 0.882. The molecule has 0 aliphatic heterocycles. The van der Waals surface area contributed by atoms with Crippen molar-refractivity contribution in [2.75, 3.05) is 20.6 Å². The summed E-state index contributed by atoms with van der Waals surface area (Å²) in [7, 11) is 4.05. The minimum Gasteiger partial charge on any atom is -0.481 e. The van der Waals surface area contributed by atoms with Gasteiger partial charge < -0.3 is 14.7 Å². The molecule has 1 N–H and O–H groups in total. The summed E-state index contributed by atoms with van der Waals surface area (Å²) < 4.78 is 5.90. The van der Waals surface area contributed by atoms with Gasteiger partial charge in [-0.15, -0.1) is 0 Å². The summed E-state index contributed by atoms with van der Waals surface area (Å²) in [6.07, 6.45) is 29.3. The lowest BCUT2D eigenvalue weighted by Crippen LogP contribution is -2.20. The van der Waals surface area contributed by atoms with Crippen LogP contribution in [0.3, 0.4) is 0 Å². The van der Waals surface area contributed by atoms with Crippen LogP contribution in [0.4, 0.5) is 0 Å². The lowest BCUT2D eigenvalue weighted by Gasteiger charge is -2.19. The van der Waals surface area contributed by atoms with Gasteiger partial charge in [-0.2, -0.15) is 0 Å². The van der Waals surface area contributed by atoms with Crippen molar-refractivity contribution in [1.82, 2.24) is 4.90 Å². The lowest BCUT2D eigenvalue weighted by molar-refractivity contribution is -0.150. The molecule has 0 amide bonds. The molecule has 5 heteroatoms. The van der Waals surface area contributed by atoms with E-state index in [0.29, 0.717) is 12.8 Å². The molecule has 0 aromatic rings. The number of carbonyl (C=O) groups excluding carboxylic acids is 1. The third-order valence-corrected chi connectivity index (χ3v) is 7.65. The summed E-state index contributed by atoms with van der Waals surface area (Å²) >= 11 is 0. The van der Waals surface area contributed by atoms with Crippen LogP contribution >= 0.6 is 0 Å². The predicted molar refractivity (Wildman–Crippen MR) is 166 cm³/mol. The molecule has 230 valence electrons. The molecule has 2 atom stereocenters. The van der Waals surface area contributed by atoms with Gasteiger partial charge in [0.2, 0.25) is 0 Å². The van der Waals surface area contributed by atoms with E-state index in [-0.39, 0.29) is 18.0 Å². The van der Waals surface area contributed by atoms with Gasteiger partial charge in [-0.05, 0) is 78.4 Å². The van der Waals surface area contributed by atoms with Crippen LogP contribution in [-0.4, -0.2) is 48.7 Å². The van der Waals surface area contributed by atoms with E-state index in [2.05, 4.69) is 30.9 Å². The molecule has 0 aromatic carbocycles. The standard InChI is InChI=1S/C34H65NO4/c1-5-7-9-11-13-14-16-17-20-25-31(34(37)38)26-21-19-23-28-32(27-22-18-15-12-10-8-6-2)39-33(36)29-24-30-35(3)4/h17,20,31-32H,5-16,18-19,21-30H2,1-4H3,(H,37,38)/b20-17+. The Kier molecular flexibility index (Phi) is 27.2. The first-order valence-corrected chi connectivity index (χ1v) is 16.6. The second-order valence-electron chi connectivity index (χ2n) is 11.9. The number of hydrogen-bond donors (Lipinski definition) is 1. The number of aliphatic carboxylic acids is 1. The van der Waals surface area contributed by atoms with Crippen LogP contribution in [0.5, 0.6) is 0 Å². The smallest absolute Gasteiger partial charge is 0.306 e. The van der Waals surface area contributed by atoms with Gasteiger partial charge in [-0.3, -0.25) is 9.59 Å². The van der Waals surface area contributed by atoms with Crippen molar-refractivity contribution in [1.29, 1.82) is 0 Å². The summed E-state index contributed by atoms with van der Waals surface area (Å²) in [4.78, 5) is 26.2. The lowest BCUT2D eigenvalue weighted by atomic mass is 9.96. The summed E-state index contributed by atoms with van der Waals surface area (Å²) in [6, 6.07) is 0. The van der Waals surface area contributed by atoms with Gasteiger partial charge in [-0.25, -0.2) is 0 Å². The van der Waals surface area contributed by atoms with Gasteiger partial charge in [0.05, 0.1) is 5.92 Å². The van der Waals surface area contributed by atoms with E-state index < -0.39 is 5.97 Å². The molecular weight excluding hydrogens is 486 g/mol. The summed E-state index contributed by atoms with van der Waals surface area (Å²) in [5.74, 6) is -1.03. The molecule has 0 aromatic heterocycles. The molecule has 0 radical (unpaired) electrons. The van der Waals surface area contributed by atoms with Crippen LogP contribution < -0.4 is 0 Å². The van der Waals surface area contributed by atoms with Crippen molar-refractivity contribution in [3.05, 3.63) is 12.2 Å². The van der Waals surface area contributed by atoms with Crippen molar-refractivity contribution >= 4 is 11.9 Å². The van der Waals surface area contributed by atoms with Gasteiger partial charge in [0.25, 0.3) is 0 Å². The van der Waals surface area contributed by atoms with Gasteiger partial charge in [0.1, 0.15) is 6.10 Å². The zero-order valence-electron chi connectivity index (χ0n) is 26.4. The molecule has 0 fully saturated rings. The second kappa shape index (κ2) is 28.2. The summed E-state index contributed by atoms with van der Waals surface area (Å²) in [6.45, 7) is 5.38.